The molecule has 28 heavy (non-hydrogen) atoms. The van der Waals surface area contributed by atoms with E-state index < -0.39 is 39.7 Å². The molecule has 0 aromatic heterocycles. The second-order valence-electron chi connectivity index (χ2n) is 6.95. The van der Waals surface area contributed by atoms with Crippen molar-refractivity contribution in [2.24, 2.45) is 0 Å². The van der Waals surface area contributed by atoms with Crippen molar-refractivity contribution < 1.29 is 32.5 Å². The van der Waals surface area contributed by atoms with Crippen LogP contribution in [0.1, 0.15) is 41.0 Å². The van der Waals surface area contributed by atoms with Crippen LogP contribution in [-0.4, -0.2) is 67.5 Å². The van der Waals surface area contributed by atoms with E-state index in [1.807, 2.05) is 0 Å². The number of esters is 1. The van der Waals surface area contributed by atoms with Crippen molar-refractivity contribution in [1.29, 1.82) is 0 Å². The van der Waals surface area contributed by atoms with Gasteiger partial charge >= 0.3 is 175 Å². The summed E-state index contributed by atoms with van der Waals surface area (Å²) in [5.41, 5.74) is -0.722. The second kappa shape index (κ2) is 10.6. The number of benzene rings is 1. The van der Waals surface area contributed by atoms with Crippen LogP contribution in [0.25, 0.3) is 0 Å². The number of ether oxygens (including phenoxy) is 3. The summed E-state index contributed by atoms with van der Waals surface area (Å²) >= 11 is 2.21. The van der Waals surface area contributed by atoms with Crippen LogP contribution in [-0.2, 0) is 29.0 Å². The molecule has 0 saturated carbocycles. The average molecular weight is 477 g/mol. The number of hydrogen-bond donors (Lipinski definition) is 2. The maximum atomic E-state index is 12.8. The van der Waals surface area contributed by atoms with Crippen molar-refractivity contribution in [2.45, 2.75) is 63.9 Å². The Kier molecular flexibility index (Phi) is 9.43. The molecule has 0 aliphatic rings. The van der Waals surface area contributed by atoms with Crippen LogP contribution in [0.5, 0.6) is 5.75 Å². The fraction of sp³-hybridized carbons (Fsp3) is 0.611. The van der Waals surface area contributed by atoms with Crippen LogP contribution in [0.15, 0.2) is 23.1 Å². The van der Waals surface area contributed by atoms with Crippen molar-refractivity contribution in [3.63, 3.8) is 0 Å². The molecule has 158 valence electrons. The van der Waals surface area contributed by atoms with Gasteiger partial charge < -0.3 is 0 Å². The Labute approximate surface area is 175 Å². The minimum absolute atomic E-state index is 0.255. The van der Waals surface area contributed by atoms with Crippen molar-refractivity contribution >= 4 is 37.2 Å². The van der Waals surface area contributed by atoms with Crippen LogP contribution in [0.4, 0.5) is 0 Å². The van der Waals surface area contributed by atoms with Gasteiger partial charge in [0.1, 0.15) is 0 Å². The first-order chi connectivity index (χ1) is 12.9. The number of carbonyl (C=O) groups excluding carboxylic acids is 1. The van der Waals surface area contributed by atoms with Crippen LogP contribution >= 0.6 is 0 Å². The minimum atomic E-state index is -4.15. The molecule has 0 aliphatic carbocycles. The van der Waals surface area contributed by atoms with E-state index in [-0.39, 0.29) is 24.5 Å². The number of sulfonamides is 1. The van der Waals surface area contributed by atoms with Gasteiger partial charge in [-0.1, -0.05) is 0 Å². The molecule has 0 amide bonds. The molecule has 1 aromatic rings. The van der Waals surface area contributed by atoms with Gasteiger partial charge in [0.2, 0.25) is 0 Å². The van der Waals surface area contributed by atoms with Crippen molar-refractivity contribution in [3.8, 4) is 5.75 Å². The van der Waals surface area contributed by atoms with Gasteiger partial charge in [0, 0.05) is 0 Å². The van der Waals surface area contributed by atoms with Gasteiger partial charge in [-0.25, -0.2) is 0 Å². The Bertz CT molecular complexity index is 756. The fourth-order valence-electron chi connectivity index (χ4n) is 2.36. The van der Waals surface area contributed by atoms with Gasteiger partial charge in [-0.3, -0.25) is 0 Å². The topological polar surface area (TPSA) is 111 Å². The molecule has 2 radical (unpaired) electrons. The Morgan fingerprint density at radius 1 is 1.21 bits per heavy atom. The van der Waals surface area contributed by atoms with Crippen LogP contribution in [0.2, 0.25) is 0 Å². The van der Waals surface area contributed by atoms with Crippen molar-refractivity contribution in [2.75, 3.05) is 13.2 Å². The number of rotatable bonds is 10. The summed E-state index contributed by atoms with van der Waals surface area (Å²) in [6.45, 7) is 9.13. The zero-order chi connectivity index (χ0) is 21.5. The molecule has 0 aliphatic heterocycles. The molecular weight excluding hydrogens is 449 g/mol. The summed E-state index contributed by atoms with van der Waals surface area (Å²) < 4.78 is 45.0. The molecule has 0 bridgehead atoms. The van der Waals surface area contributed by atoms with Gasteiger partial charge in [0.15, 0.2) is 0 Å². The number of nitrogens with one attached hydrogen (secondary N) is 1. The van der Waals surface area contributed by atoms with Crippen molar-refractivity contribution in [3.05, 3.63) is 18.2 Å². The van der Waals surface area contributed by atoms with E-state index in [1.54, 1.807) is 40.7 Å². The third kappa shape index (κ3) is 8.09. The number of phenolic OH excluding ortho intramolecular Hbond substituents is 1. The third-order valence-corrected chi connectivity index (χ3v) is 5.46. The van der Waals surface area contributed by atoms with E-state index in [9.17, 15) is 18.3 Å². The van der Waals surface area contributed by atoms with Gasteiger partial charge in [0.25, 0.3) is 0 Å². The van der Waals surface area contributed by atoms with Crippen LogP contribution in [0.3, 0.4) is 0 Å². The van der Waals surface area contributed by atoms with Crippen molar-refractivity contribution in [1.82, 2.24) is 4.72 Å². The molecular formula is C18H28AsNO7S. The first-order valence-electron chi connectivity index (χ1n) is 8.89. The molecule has 1 aromatic carbocycles. The van der Waals surface area contributed by atoms with Crippen LogP contribution < -0.4 is 9.07 Å². The van der Waals surface area contributed by atoms with Gasteiger partial charge in [-0.2, -0.15) is 0 Å². The van der Waals surface area contributed by atoms with E-state index in [1.165, 1.54) is 12.1 Å². The first kappa shape index (κ1) is 24.9. The Morgan fingerprint density at radius 2 is 1.79 bits per heavy atom. The van der Waals surface area contributed by atoms with Crippen LogP contribution in [0, 0.1) is 0 Å². The van der Waals surface area contributed by atoms with E-state index in [0.717, 1.165) is 0 Å². The van der Waals surface area contributed by atoms with Gasteiger partial charge in [-0.05, 0) is 0 Å². The van der Waals surface area contributed by atoms with Gasteiger partial charge in [-0.15, -0.1) is 0 Å². The zero-order valence-corrected chi connectivity index (χ0v) is 19.5. The molecule has 0 heterocycles. The monoisotopic (exact) mass is 477 g/mol. The summed E-state index contributed by atoms with van der Waals surface area (Å²) in [7, 11) is -4.15. The molecule has 0 spiro atoms. The zero-order valence-electron chi connectivity index (χ0n) is 16.8. The molecule has 1 unspecified atom stereocenters. The Hall–Kier alpha value is -1.12. The quantitative estimate of drug-likeness (QED) is 0.293. The van der Waals surface area contributed by atoms with Gasteiger partial charge in [0.05, 0.1) is 0 Å². The van der Waals surface area contributed by atoms with E-state index in [4.69, 9.17) is 14.2 Å². The van der Waals surface area contributed by atoms with E-state index in [2.05, 4.69) is 21.6 Å². The molecule has 10 heteroatoms. The SMILES string of the molecule is CCOC(OCC)C(CC(=O)OC(C)(C)C)NS(=O)(=O)c1ccc([As])cc1O. The molecule has 0 fully saturated rings. The Balaban J connectivity index is 3.16. The summed E-state index contributed by atoms with van der Waals surface area (Å²) in [5, 5.41) is 10.0. The first-order valence-corrected chi connectivity index (χ1v) is 11.3. The molecule has 1 rings (SSSR count). The van der Waals surface area contributed by atoms with E-state index in [0.29, 0.717) is 4.35 Å². The molecule has 8 nitrogen and oxygen atoms in total. The number of phenols is 1. The predicted molar refractivity (Wildman–Crippen MR) is 105 cm³/mol. The standard InChI is InChI=1S/C18H28AsNO7S/c1-6-25-17(26-7-2)13(11-16(22)27-18(3,4)5)20-28(23,24)15-9-8-12(19)10-14(15)21/h8-10,13,17,20-21H,6-7,11H2,1-5H3. The Morgan fingerprint density at radius 3 is 2.25 bits per heavy atom. The molecule has 0 saturated heterocycles. The third-order valence-electron chi connectivity index (χ3n) is 3.34. The number of carbonyl (C=O) groups is 1. The van der Waals surface area contributed by atoms with E-state index >= 15 is 0 Å². The fourth-order valence-corrected chi connectivity index (χ4v) is 4.08. The maximum absolute atomic E-state index is 12.8. The number of hydrogen-bond acceptors (Lipinski definition) is 7. The summed E-state index contributed by atoms with van der Waals surface area (Å²) in [6.07, 6.45) is -1.30. The average Bonchev–Trinajstić information content (AvgIpc) is 2.51. The summed E-state index contributed by atoms with van der Waals surface area (Å²) in [4.78, 5) is 12.0. The molecule has 1 atom stereocenters. The summed E-state index contributed by atoms with van der Waals surface area (Å²) in [6, 6.07) is 3.10. The summed E-state index contributed by atoms with van der Waals surface area (Å²) in [5.74, 6) is -0.999. The second-order valence-corrected chi connectivity index (χ2v) is 9.72. The molecule has 2 N–H and O–H groups in total. The normalized spacial score (nSPS) is 13.5. The predicted octanol–water partition coefficient (Wildman–Crippen LogP) is 0.964. The number of aromatic hydroxyl groups is 1.